The summed E-state index contributed by atoms with van der Waals surface area (Å²) in [6.45, 7) is 5.36. The Labute approximate surface area is 95.4 Å². The van der Waals surface area contributed by atoms with Crippen molar-refractivity contribution < 1.29 is 4.84 Å². The number of nitriles is 1. The lowest BCUT2D eigenvalue weighted by atomic mass is 10.1. The summed E-state index contributed by atoms with van der Waals surface area (Å²) < 4.78 is 0. The molecule has 0 amide bonds. The van der Waals surface area contributed by atoms with Crippen molar-refractivity contribution in [2.45, 2.75) is 26.7 Å². The van der Waals surface area contributed by atoms with E-state index in [1.54, 1.807) is 0 Å². The van der Waals surface area contributed by atoms with Crippen LogP contribution >= 0.6 is 0 Å². The van der Waals surface area contributed by atoms with E-state index < -0.39 is 0 Å². The smallest absolute Gasteiger partial charge is 0.103 e. The second-order valence-electron chi connectivity index (χ2n) is 4.00. The first kappa shape index (κ1) is 10.9. The van der Waals surface area contributed by atoms with Gasteiger partial charge in [0.15, 0.2) is 0 Å². The van der Waals surface area contributed by atoms with Crippen molar-refractivity contribution in [3.8, 4) is 6.07 Å². The topological polar surface area (TPSA) is 49.1 Å². The Morgan fingerprint density at radius 2 is 2.25 bits per heavy atom. The molecule has 1 fully saturated rings. The van der Waals surface area contributed by atoms with E-state index in [2.05, 4.69) is 11.1 Å². The van der Waals surface area contributed by atoms with Crippen molar-refractivity contribution in [2.24, 2.45) is 0 Å². The summed E-state index contributed by atoms with van der Waals surface area (Å²) in [5.74, 6) is 0. The third-order valence-electron chi connectivity index (χ3n) is 2.69. The quantitative estimate of drug-likeness (QED) is 0.722. The molecule has 1 saturated heterocycles. The summed E-state index contributed by atoms with van der Waals surface area (Å²) in [6.07, 6.45) is 2.19. The molecule has 1 aliphatic rings. The molecule has 0 spiro atoms. The molecule has 0 bridgehead atoms. The Kier molecular flexibility index (Phi) is 3.07. The van der Waals surface area contributed by atoms with Crippen LogP contribution in [0.2, 0.25) is 0 Å². The van der Waals surface area contributed by atoms with Gasteiger partial charge in [0.1, 0.15) is 6.07 Å². The normalized spacial score (nSPS) is 15.9. The highest BCUT2D eigenvalue weighted by atomic mass is 16.7. The summed E-state index contributed by atoms with van der Waals surface area (Å²) in [5, 5.41) is 11.0. The lowest BCUT2D eigenvalue weighted by Crippen LogP contribution is -2.30. The fourth-order valence-corrected chi connectivity index (χ4v) is 1.93. The average Bonchev–Trinajstić information content (AvgIpc) is 2.29. The molecule has 1 aromatic rings. The van der Waals surface area contributed by atoms with Crippen LogP contribution in [0.25, 0.3) is 0 Å². The van der Waals surface area contributed by atoms with E-state index in [-0.39, 0.29) is 0 Å². The van der Waals surface area contributed by atoms with Crippen LogP contribution < -0.4 is 5.06 Å². The molecule has 0 N–H and O–H groups in total. The summed E-state index contributed by atoms with van der Waals surface area (Å²) in [4.78, 5) is 9.87. The first-order valence-corrected chi connectivity index (χ1v) is 5.51. The van der Waals surface area contributed by atoms with Gasteiger partial charge in [0.05, 0.1) is 23.6 Å². The van der Waals surface area contributed by atoms with Crippen LogP contribution in [0.15, 0.2) is 6.07 Å². The summed E-state index contributed by atoms with van der Waals surface area (Å²) in [5.41, 5.74) is 3.16. The minimum atomic E-state index is 0.618. The van der Waals surface area contributed by atoms with Crippen LogP contribution in [0.1, 0.15) is 29.8 Å². The number of aromatic nitrogens is 1. The number of hydrogen-bond donors (Lipinski definition) is 0. The van der Waals surface area contributed by atoms with Gasteiger partial charge >= 0.3 is 0 Å². The number of aryl methyl sites for hydroxylation is 2. The molecule has 4 nitrogen and oxygen atoms in total. The molecule has 1 aliphatic heterocycles. The van der Waals surface area contributed by atoms with Gasteiger partial charge in [0.2, 0.25) is 0 Å². The maximum Gasteiger partial charge on any atom is 0.103 e. The van der Waals surface area contributed by atoms with Crippen molar-refractivity contribution in [3.63, 3.8) is 0 Å². The van der Waals surface area contributed by atoms with Crippen LogP contribution in [-0.4, -0.2) is 18.1 Å². The number of nitrogens with zero attached hydrogens (tertiary/aromatic N) is 3. The van der Waals surface area contributed by atoms with E-state index in [9.17, 15) is 0 Å². The monoisotopic (exact) mass is 217 g/mol. The zero-order chi connectivity index (χ0) is 11.5. The van der Waals surface area contributed by atoms with Gasteiger partial charge in [-0.25, -0.2) is 0 Å². The maximum absolute atomic E-state index is 9.15. The van der Waals surface area contributed by atoms with Crippen molar-refractivity contribution in [2.75, 3.05) is 18.2 Å². The van der Waals surface area contributed by atoms with E-state index in [4.69, 9.17) is 10.1 Å². The fourth-order valence-electron chi connectivity index (χ4n) is 1.93. The summed E-state index contributed by atoms with van der Waals surface area (Å²) in [7, 11) is 0. The molecular formula is C12H15N3O. The van der Waals surface area contributed by atoms with E-state index in [1.807, 2.05) is 25.0 Å². The molecule has 0 unspecified atom stereocenters. The third-order valence-corrected chi connectivity index (χ3v) is 2.69. The molecule has 0 radical (unpaired) electrons. The van der Waals surface area contributed by atoms with Crippen molar-refractivity contribution >= 4 is 5.69 Å². The van der Waals surface area contributed by atoms with Crippen LogP contribution in [0.4, 0.5) is 5.69 Å². The molecule has 2 heterocycles. The molecule has 0 aromatic carbocycles. The van der Waals surface area contributed by atoms with E-state index in [0.29, 0.717) is 5.56 Å². The molecule has 1 aromatic heterocycles. The van der Waals surface area contributed by atoms with Crippen LogP contribution in [0, 0.1) is 25.2 Å². The van der Waals surface area contributed by atoms with Gasteiger partial charge in [-0.15, -0.1) is 0 Å². The first-order chi connectivity index (χ1) is 7.72. The molecule has 84 valence electrons. The zero-order valence-corrected chi connectivity index (χ0v) is 9.66. The predicted octanol–water partition coefficient (Wildman–Crippen LogP) is 2.10. The Hall–Kier alpha value is -1.60. The van der Waals surface area contributed by atoms with E-state index >= 15 is 0 Å². The van der Waals surface area contributed by atoms with E-state index in [0.717, 1.165) is 43.1 Å². The van der Waals surface area contributed by atoms with Gasteiger partial charge in [-0.05, 0) is 32.8 Å². The van der Waals surface area contributed by atoms with Gasteiger partial charge in [-0.1, -0.05) is 0 Å². The first-order valence-electron chi connectivity index (χ1n) is 5.51. The fraction of sp³-hybridized carbons (Fsp3) is 0.500. The van der Waals surface area contributed by atoms with Gasteiger partial charge in [-0.2, -0.15) is 5.26 Å². The number of rotatable bonds is 1. The molecule has 16 heavy (non-hydrogen) atoms. The highest BCUT2D eigenvalue weighted by Crippen LogP contribution is 2.25. The summed E-state index contributed by atoms with van der Waals surface area (Å²) in [6, 6.07) is 4.12. The van der Waals surface area contributed by atoms with Crippen LogP contribution in [0.3, 0.4) is 0 Å². The minimum absolute atomic E-state index is 0.618. The predicted molar refractivity (Wildman–Crippen MR) is 61.0 cm³/mol. The van der Waals surface area contributed by atoms with Gasteiger partial charge in [0.25, 0.3) is 0 Å². The second-order valence-corrected chi connectivity index (χ2v) is 4.00. The highest BCUT2D eigenvalue weighted by Gasteiger charge is 2.17. The van der Waals surface area contributed by atoms with E-state index in [1.165, 1.54) is 0 Å². The highest BCUT2D eigenvalue weighted by molar-refractivity contribution is 5.60. The van der Waals surface area contributed by atoms with Gasteiger partial charge < -0.3 is 0 Å². The minimum Gasteiger partial charge on any atom is -0.273 e. The molecule has 4 heteroatoms. The lowest BCUT2D eigenvalue weighted by Gasteiger charge is -2.29. The summed E-state index contributed by atoms with van der Waals surface area (Å²) >= 11 is 0. The number of pyridine rings is 1. The largest absolute Gasteiger partial charge is 0.273 e. The SMILES string of the molecule is Cc1cc(N2CCCCO2)c(C#N)c(C)n1. The third kappa shape index (κ3) is 2.00. The van der Waals surface area contributed by atoms with Crippen molar-refractivity contribution in [3.05, 3.63) is 23.0 Å². The standard InChI is InChI=1S/C12H15N3O/c1-9-7-12(11(8-13)10(2)14-9)15-5-3-4-6-16-15/h7H,3-6H2,1-2H3. The number of hydroxylamine groups is 1. The zero-order valence-electron chi connectivity index (χ0n) is 9.66. The Balaban J connectivity index is 2.42. The van der Waals surface area contributed by atoms with Gasteiger partial charge in [0, 0.05) is 12.2 Å². The Bertz CT molecular complexity index is 431. The van der Waals surface area contributed by atoms with Gasteiger partial charge in [-0.3, -0.25) is 14.9 Å². The Morgan fingerprint density at radius 3 is 2.88 bits per heavy atom. The number of hydrogen-bond acceptors (Lipinski definition) is 4. The second kappa shape index (κ2) is 4.50. The molecule has 0 aliphatic carbocycles. The molecule has 0 atom stereocenters. The average molecular weight is 217 g/mol. The molecule has 2 rings (SSSR count). The van der Waals surface area contributed by atoms with Crippen LogP contribution in [-0.2, 0) is 4.84 Å². The van der Waals surface area contributed by atoms with Crippen molar-refractivity contribution in [1.29, 1.82) is 5.26 Å². The molecule has 0 saturated carbocycles. The Morgan fingerprint density at radius 1 is 1.44 bits per heavy atom. The lowest BCUT2D eigenvalue weighted by molar-refractivity contribution is 0.0776. The number of anilines is 1. The maximum atomic E-state index is 9.15. The molecular weight excluding hydrogens is 202 g/mol. The van der Waals surface area contributed by atoms with Crippen LogP contribution in [0.5, 0.6) is 0 Å². The van der Waals surface area contributed by atoms with Crippen molar-refractivity contribution in [1.82, 2.24) is 4.98 Å².